The van der Waals surface area contributed by atoms with E-state index in [1.165, 1.54) is 4.90 Å². The van der Waals surface area contributed by atoms with Crippen molar-refractivity contribution in [1.29, 1.82) is 0 Å². The minimum atomic E-state index is -3.37. The molecule has 1 N–H and O–H groups in total. The van der Waals surface area contributed by atoms with E-state index in [-0.39, 0.29) is 30.3 Å². The molecule has 0 amide bonds. The Balaban J connectivity index is 2.79. The lowest BCUT2D eigenvalue weighted by atomic mass is 10.2. The molecule has 0 aliphatic carbocycles. The number of hydrogen-bond acceptors (Lipinski definition) is 6. The first kappa shape index (κ1) is 18.4. The number of aliphatic carboxylic acids is 1. The lowest BCUT2D eigenvalue weighted by Gasteiger charge is -2.28. The SMILES string of the molecule is CC(C)(C)S(=O)(=O)CCN(CC(=O)O)C1CCS(=O)(=O)C1. The molecular formula is C12H23NO6S2. The maximum absolute atomic E-state index is 12.1. The van der Waals surface area contributed by atoms with Crippen molar-refractivity contribution in [2.24, 2.45) is 0 Å². The predicted molar refractivity (Wildman–Crippen MR) is 79.8 cm³/mol. The van der Waals surface area contributed by atoms with E-state index in [0.717, 1.165) is 0 Å². The fourth-order valence-corrected chi connectivity index (χ4v) is 5.02. The summed E-state index contributed by atoms with van der Waals surface area (Å²) in [6.45, 7) is 4.45. The second kappa shape index (κ2) is 6.21. The average molecular weight is 341 g/mol. The highest BCUT2D eigenvalue weighted by atomic mass is 32.2. The molecule has 0 radical (unpaired) electrons. The van der Waals surface area contributed by atoms with Crippen LogP contribution in [0.3, 0.4) is 0 Å². The van der Waals surface area contributed by atoms with E-state index >= 15 is 0 Å². The first-order valence-electron chi connectivity index (χ1n) is 6.73. The van der Waals surface area contributed by atoms with Crippen LogP contribution in [-0.2, 0) is 24.5 Å². The number of hydrogen-bond donors (Lipinski definition) is 1. The minimum absolute atomic E-state index is 0.0276. The molecule has 7 nitrogen and oxygen atoms in total. The van der Waals surface area contributed by atoms with Crippen molar-refractivity contribution in [2.45, 2.75) is 38.0 Å². The zero-order chi connectivity index (χ0) is 16.5. The van der Waals surface area contributed by atoms with Crippen molar-refractivity contribution < 1.29 is 26.7 Å². The zero-order valence-corrected chi connectivity index (χ0v) is 14.2. The van der Waals surface area contributed by atoms with E-state index < -0.39 is 36.4 Å². The minimum Gasteiger partial charge on any atom is -0.480 e. The van der Waals surface area contributed by atoms with Gasteiger partial charge < -0.3 is 5.11 Å². The maximum atomic E-state index is 12.1. The average Bonchev–Trinajstić information content (AvgIpc) is 2.63. The van der Waals surface area contributed by atoms with Gasteiger partial charge in [0.15, 0.2) is 19.7 Å². The Morgan fingerprint density at radius 3 is 2.29 bits per heavy atom. The van der Waals surface area contributed by atoms with E-state index in [0.29, 0.717) is 6.42 Å². The molecule has 1 heterocycles. The number of nitrogens with zero attached hydrogens (tertiary/aromatic N) is 1. The molecule has 1 rings (SSSR count). The standard InChI is InChI=1S/C12H23NO6S2/c1-12(2,3)21(18,19)7-5-13(8-11(14)15)10-4-6-20(16,17)9-10/h10H,4-9H2,1-3H3,(H,14,15). The molecule has 1 aliphatic heterocycles. The fourth-order valence-electron chi connectivity index (χ4n) is 2.17. The summed E-state index contributed by atoms with van der Waals surface area (Å²) in [5.74, 6) is -1.34. The number of sulfone groups is 2. The van der Waals surface area contributed by atoms with E-state index in [1.54, 1.807) is 20.8 Å². The third-order valence-electron chi connectivity index (χ3n) is 3.64. The molecule has 21 heavy (non-hydrogen) atoms. The Bertz CT molecular complexity index is 588. The van der Waals surface area contributed by atoms with Crippen molar-refractivity contribution in [2.75, 3.05) is 30.3 Å². The van der Waals surface area contributed by atoms with Gasteiger partial charge in [0.05, 0.1) is 28.6 Å². The van der Waals surface area contributed by atoms with Gasteiger partial charge in [-0.3, -0.25) is 9.69 Å². The van der Waals surface area contributed by atoms with Crippen LogP contribution in [0.5, 0.6) is 0 Å². The van der Waals surface area contributed by atoms with Crippen LogP contribution >= 0.6 is 0 Å². The number of carbonyl (C=O) groups is 1. The van der Waals surface area contributed by atoms with Gasteiger partial charge in [0.2, 0.25) is 0 Å². The Morgan fingerprint density at radius 1 is 1.33 bits per heavy atom. The molecule has 0 bridgehead atoms. The summed E-state index contributed by atoms with van der Waals surface area (Å²) >= 11 is 0. The van der Waals surface area contributed by atoms with Gasteiger partial charge in [-0.05, 0) is 27.2 Å². The highest BCUT2D eigenvalue weighted by Gasteiger charge is 2.35. The van der Waals surface area contributed by atoms with Crippen LogP contribution in [0.15, 0.2) is 0 Å². The summed E-state index contributed by atoms with van der Waals surface area (Å²) < 4.78 is 46.3. The largest absolute Gasteiger partial charge is 0.480 e. The van der Waals surface area contributed by atoms with E-state index in [1.807, 2.05) is 0 Å². The Hall–Kier alpha value is -0.670. The summed E-state index contributed by atoms with van der Waals surface area (Å²) in [6, 6.07) is -0.415. The maximum Gasteiger partial charge on any atom is 0.317 e. The molecule has 1 saturated heterocycles. The molecule has 0 spiro atoms. The lowest BCUT2D eigenvalue weighted by molar-refractivity contribution is -0.138. The van der Waals surface area contributed by atoms with Crippen LogP contribution < -0.4 is 0 Å². The topological polar surface area (TPSA) is 109 Å². The Labute approximate surface area is 126 Å². The van der Waals surface area contributed by atoms with Crippen LogP contribution in [0.2, 0.25) is 0 Å². The molecule has 0 aromatic carbocycles. The first-order chi connectivity index (χ1) is 9.34. The van der Waals surface area contributed by atoms with Gasteiger partial charge in [0.25, 0.3) is 0 Å². The van der Waals surface area contributed by atoms with Crippen LogP contribution in [0.1, 0.15) is 27.2 Å². The summed E-state index contributed by atoms with van der Waals surface area (Å²) in [6.07, 6.45) is 0.352. The molecule has 1 fully saturated rings. The molecule has 1 aliphatic rings. The normalized spacial score (nSPS) is 22.6. The fraction of sp³-hybridized carbons (Fsp3) is 0.917. The second-order valence-corrected chi connectivity index (χ2v) is 11.4. The highest BCUT2D eigenvalue weighted by Crippen LogP contribution is 2.20. The molecular weight excluding hydrogens is 318 g/mol. The first-order valence-corrected chi connectivity index (χ1v) is 10.2. The van der Waals surface area contributed by atoms with Crippen LogP contribution in [-0.4, -0.2) is 73.9 Å². The third-order valence-corrected chi connectivity index (χ3v) is 7.98. The molecule has 124 valence electrons. The van der Waals surface area contributed by atoms with E-state index in [2.05, 4.69) is 0 Å². The molecule has 1 atom stereocenters. The smallest absolute Gasteiger partial charge is 0.317 e. The van der Waals surface area contributed by atoms with Crippen molar-refractivity contribution in [3.05, 3.63) is 0 Å². The van der Waals surface area contributed by atoms with Gasteiger partial charge in [-0.15, -0.1) is 0 Å². The van der Waals surface area contributed by atoms with Crippen molar-refractivity contribution in [3.8, 4) is 0 Å². The zero-order valence-electron chi connectivity index (χ0n) is 12.6. The lowest BCUT2D eigenvalue weighted by Crippen LogP contribution is -2.44. The van der Waals surface area contributed by atoms with Gasteiger partial charge in [-0.25, -0.2) is 16.8 Å². The Morgan fingerprint density at radius 2 is 1.90 bits per heavy atom. The van der Waals surface area contributed by atoms with E-state index in [9.17, 15) is 21.6 Å². The quantitative estimate of drug-likeness (QED) is 0.711. The highest BCUT2D eigenvalue weighted by molar-refractivity contribution is 7.92. The second-order valence-electron chi connectivity index (χ2n) is 6.35. The van der Waals surface area contributed by atoms with Crippen molar-refractivity contribution in [1.82, 2.24) is 4.90 Å². The number of carboxylic acids is 1. The van der Waals surface area contributed by atoms with Gasteiger partial charge in [0.1, 0.15) is 0 Å². The summed E-state index contributed by atoms with van der Waals surface area (Å²) in [5, 5.41) is 8.92. The van der Waals surface area contributed by atoms with Crippen LogP contribution in [0.4, 0.5) is 0 Å². The van der Waals surface area contributed by atoms with Gasteiger partial charge >= 0.3 is 5.97 Å². The van der Waals surface area contributed by atoms with Gasteiger partial charge in [0, 0.05) is 12.6 Å². The van der Waals surface area contributed by atoms with Crippen molar-refractivity contribution in [3.63, 3.8) is 0 Å². The summed E-state index contributed by atoms with van der Waals surface area (Å²) in [7, 11) is -6.51. The molecule has 1 unspecified atom stereocenters. The van der Waals surface area contributed by atoms with Crippen molar-refractivity contribution >= 4 is 25.6 Å². The number of rotatable bonds is 6. The molecule has 9 heteroatoms. The molecule has 0 aromatic heterocycles. The third kappa shape index (κ3) is 5.23. The summed E-state index contributed by atoms with van der Waals surface area (Å²) in [4.78, 5) is 12.4. The summed E-state index contributed by atoms with van der Waals surface area (Å²) in [5.41, 5.74) is 0. The number of carboxylic acid groups (broad SMARTS) is 1. The van der Waals surface area contributed by atoms with Crippen LogP contribution in [0.25, 0.3) is 0 Å². The Kier molecular flexibility index (Phi) is 5.44. The van der Waals surface area contributed by atoms with Gasteiger partial charge in [-0.1, -0.05) is 0 Å². The molecule has 0 aromatic rings. The monoisotopic (exact) mass is 341 g/mol. The van der Waals surface area contributed by atoms with Crippen LogP contribution in [0, 0.1) is 0 Å². The van der Waals surface area contributed by atoms with Gasteiger partial charge in [-0.2, -0.15) is 0 Å². The van der Waals surface area contributed by atoms with E-state index in [4.69, 9.17) is 5.11 Å². The predicted octanol–water partition coefficient (Wildman–Crippen LogP) is -0.227. The molecule has 0 saturated carbocycles.